The van der Waals surface area contributed by atoms with E-state index >= 15 is 0 Å². The van der Waals surface area contributed by atoms with Gasteiger partial charge in [-0.05, 0) is 90.5 Å². The van der Waals surface area contributed by atoms with Crippen LogP contribution in [0.1, 0.15) is 72.9 Å². The summed E-state index contributed by atoms with van der Waals surface area (Å²) in [6, 6.07) is 23.8. The van der Waals surface area contributed by atoms with Crippen molar-refractivity contribution in [2.75, 3.05) is 11.9 Å². The van der Waals surface area contributed by atoms with Gasteiger partial charge in [0.25, 0.3) is 5.91 Å². The molecule has 0 bridgehead atoms. The van der Waals surface area contributed by atoms with Gasteiger partial charge in [0, 0.05) is 30.6 Å². The molecule has 38 heavy (non-hydrogen) atoms. The van der Waals surface area contributed by atoms with E-state index in [4.69, 9.17) is 5.11 Å². The van der Waals surface area contributed by atoms with Gasteiger partial charge < -0.3 is 15.7 Å². The lowest BCUT2D eigenvalue weighted by atomic mass is 9.77. The second kappa shape index (κ2) is 13.0. The zero-order valence-electron chi connectivity index (χ0n) is 21.9. The third-order valence-electron chi connectivity index (χ3n) is 7.45. The van der Waals surface area contributed by atoms with Gasteiger partial charge >= 0.3 is 5.97 Å². The Balaban J connectivity index is 1.23. The third kappa shape index (κ3) is 7.31. The first-order chi connectivity index (χ1) is 18.4. The minimum atomic E-state index is -0.712. The smallest absolute Gasteiger partial charge is 0.303 e. The van der Waals surface area contributed by atoms with Crippen LogP contribution in [0.3, 0.4) is 0 Å². The first-order valence-electron chi connectivity index (χ1n) is 13.5. The monoisotopic (exact) mass is 512 g/mol. The number of carboxylic acid groups (broad SMARTS) is 1. The molecule has 0 aromatic heterocycles. The minimum Gasteiger partial charge on any atom is -0.481 e. The average Bonchev–Trinajstić information content (AvgIpc) is 2.93. The van der Waals surface area contributed by atoms with Gasteiger partial charge in [0.15, 0.2) is 0 Å². The standard InChI is InChI=1S/C32H36N2O4/c1-2-23-21-27(14-17-29(23)26-6-4-3-5-7-26)32(38)33-19-18-30(35)34-28-15-12-25(13-16-28)24-10-8-22(9-11-24)20-31(36)37/h3-7,12-17,21-22,24H,2,8-11,18-20H2,1H3,(H,33,38)(H,34,35)(H,36,37). The van der Waals surface area contributed by atoms with E-state index in [-0.39, 0.29) is 37.1 Å². The van der Waals surface area contributed by atoms with E-state index < -0.39 is 5.97 Å². The number of benzene rings is 3. The van der Waals surface area contributed by atoms with Crippen LogP contribution in [-0.4, -0.2) is 29.4 Å². The Hall–Kier alpha value is -3.93. The molecule has 0 heterocycles. The number of carbonyl (C=O) groups excluding carboxylic acids is 2. The summed E-state index contributed by atoms with van der Waals surface area (Å²) < 4.78 is 0. The van der Waals surface area contributed by atoms with E-state index in [1.54, 1.807) is 0 Å². The number of aryl methyl sites for hydroxylation is 1. The predicted molar refractivity (Wildman–Crippen MR) is 150 cm³/mol. The Morgan fingerprint density at radius 1 is 0.895 bits per heavy atom. The van der Waals surface area contributed by atoms with E-state index in [1.165, 1.54) is 5.56 Å². The number of aliphatic carboxylic acids is 1. The molecule has 3 N–H and O–H groups in total. The highest BCUT2D eigenvalue weighted by atomic mass is 16.4. The zero-order chi connectivity index (χ0) is 26.9. The van der Waals surface area contributed by atoms with Crippen LogP contribution in [0.5, 0.6) is 0 Å². The van der Waals surface area contributed by atoms with E-state index in [0.29, 0.717) is 11.5 Å². The van der Waals surface area contributed by atoms with Crippen molar-refractivity contribution >= 4 is 23.5 Å². The van der Waals surface area contributed by atoms with Gasteiger partial charge in [-0.15, -0.1) is 0 Å². The lowest BCUT2D eigenvalue weighted by molar-refractivity contribution is -0.138. The molecule has 198 valence electrons. The maximum absolute atomic E-state index is 12.7. The molecular formula is C32H36N2O4. The fraction of sp³-hybridized carbons (Fsp3) is 0.344. The van der Waals surface area contributed by atoms with Crippen molar-refractivity contribution in [3.63, 3.8) is 0 Å². The van der Waals surface area contributed by atoms with Crippen molar-refractivity contribution in [1.29, 1.82) is 0 Å². The Morgan fingerprint density at radius 2 is 1.61 bits per heavy atom. The van der Waals surface area contributed by atoms with Gasteiger partial charge in [-0.3, -0.25) is 14.4 Å². The van der Waals surface area contributed by atoms with Crippen LogP contribution >= 0.6 is 0 Å². The molecule has 1 saturated carbocycles. The molecule has 0 radical (unpaired) electrons. The number of carboxylic acids is 1. The molecule has 3 aromatic carbocycles. The van der Waals surface area contributed by atoms with Crippen LogP contribution in [0, 0.1) is 5.92 Å². The molecule has 3 aromatic rings. The summed E-state index contributed by atoms with van der Waals surface area (Å²) in [5.74, 6) is -0.327. The molecule has 0 saturated heterocycles. The Labute approximate surface area is 224 Å². The molecule has 4 rings (SSSR count). The summed E-state index contributed by atoms with van der Waals surface area (Å²) in [6.07, 6.45) is 5.15. The summed E-state index contributed by atoms with van der Waals surface area (Å²) in [5, 5.41) is 14.8. The van der Waals surface area contributed by atoms with Crippen LogP contribution in [0.4, 0.5) is 5.69 Å². The van der Waals surface area contributed by atoms with Gasteiger partial charge in [-0.25, -0.2) is 0 Å². The number of amides is 2. The summed E-state index contributed by atoms with van der Waals surface area (Å²) >= 11 is 0. The molecule has 0 spiro atoms. The lowest BCUT2D eigenvalue weighted by Crippen LogP contribution is -2.27. The first-order valence-corrected chi connectivity index (χ1v) is 13.5. The number of hydrogen-bond acceptors (Lipinski definition) is 3. The van der Waals surface area contributed by atoms with Crippen molar-refractivity contribution in [3.05, 3.63) is 89.5 Å². The second-order valence-corrected chi connectivity index (χ2v) is 10.1. The predicted octanol–water partition coefficient (Wildman–Crippen LogP) is 6.42. The Kier molecular flexibility index (Phi) is 9.30. The molecule has 6 nitrogen and oxygen atoms in total. The minimum absolute atomic E-state index is 0.152. The molecule has 0 aliphatic heterocycles. The molecule has 6 heteroatoms. The van der Waals surface area contributed by atoms with Gasteiger partial charge in [0.05, 0.1) is 0 Å². The van der Waals surface area contributed by atoms with Gasteiger partial charge in [-0.2, -0.15) is 0 Å². The highest BCUT2D eigenvalue weighted by molar-refractivity contribution is 5.96. The topological polar surface area (TPSA) is 95.5 Å². The molecule has 0 unspecified atom stereocenters. The van der Waals surface area contributed by atoms with Crippen LogP contribution < -0.4 is 10.6 Å². The summed E-state index contributed by atoms with van der Waals surface area (Å²) in [4.78, 5) is 36.1. The Morgan fingerprint density at radius 3 is 2.26 bits per heavy atom. The zero-order valence-corrected chi connectivity index (χ0v) is 21.9. The normalized spacial score (nSPS) is 17.0. The van der Waals surface area contributed by atoms with Gasteiger partial charge in [-0.1, -0.05) is 55.5 Å². The average molecular weight is 513 g/mol. The maximum atomic E-state index is 12.7. The molecule has 1 aliphatic rings. The lowest BCUT2D eigenvalue weighted by Gasteiger charge is -2.28. The third-order valence-corrected chi connectivity index (χ3v) is 7.45. The summed E-state index contributed by atoms with van der Waals surface area (Å²) in [6.45, 7) is 2.33. The fourth-order valence-corrected chi connectivity index (χ4v) is 5.33. The molecule has 2 amide bonds. The SMILES string of the molecule is CCc1cc(C(=O)NCCC(=O)Nc2ccc(C3CCC(CC(=O)O)CC3)cc2)ccc1-c1ccccc1. The molecular weight excluding hydrogens is 476 g/mol. The number of carbonyl (C=O) groups is 3. The van der Waals surface area contributed by atoms with E-state index in [0.717, 1.165) is 54.5 Å². The number of nitrogens with one attached hydrogen (secondary N) is 2. The largest absolute Gasteiger partial charge is 0.481 e. The summed E-state index contributed by atoms with van der Waals surface area (Å²) in [7, 11) is 0. The summed E-state index contributed by atoms with van der Waals surface area (Å²) in [5.41, 5.74) is 5.92. The van der Waals surface area contributed by atoms with E-state index in [1.807, 2.05) is 60.7 Å². The fourth-order valence-electron chi connectivity index (χ4n) is 5.33. The van der Waals surface area contributed by atoms with Gasteiger partial charge in [0.2, 0.25) is 5.91 Å². The maximum Gasteiger partial charge on any atom is 0.303 e. The quantitative estimate of drug-likeness (QED) is 0.292. The molecule has 1 aliphatic carbocycles. The van der Waals surface area contributed by atoms with Crippen molar-refractivity contribution < 1.29 is 19.5 Å². The second-order valence-electron chi connectivity index (χ2n) is 10.1. The highest BCUT2D eigenvalue weighted by Gasteiger charge is 2.24. The van der Waals surface area contributed by atoms with E-state index in [2.05, 4.69) is 29.7 Å². The Bertz CT molecular complexity index is 1250. The van der Waals surface area contributed by atoms with Crippen molar-refractivity contribution in [3.8, 4) is 11.1 Å². The van der Waals surface area contributed by atoms with Gasteiger partial charge in [0.1, 0.15) is 0 Å². The van der Waals surface area contributed by atoms with Crippen molar-refractivity contribution in [1.82, 2.24) is 5.32 Å². The van der Waals surface area contributed by atoms with Crippen LogP contribution in [0.2, 0.25) is 0 Å². The molecule has 1 fully saturated rings. The highest BCUT2D eigenvalue weighted by Crippen LogP contribution is 2.37. The van der Waals surface area contributed by atoms with Crippen LogP contribution in [-0.2, 0) is 16.0 Å². The van der Waals surface area contributed by atoms with Crippen LogP contribution in [0.15, 0.2) is 72.8 Å². The molecule has 0 atom stereocenters. The number of hydrogen-bond donors (Lipinski definition) is 3. The first kappa shape index (κ1) is 27.1. The number of anilines is 1. The number of rotatable bonds is 10. The van der Waals surface area contributed by atoms with Crippen molar-refractivity contribution in [2.45, 2.75) is 57.8 Å². The van der Waals surface area contributed by atoms with Crippen LogP contribution in [0.25, 0.3) is 11.1 Å². The van der Waals surface area contributed by atoms with Crippen molar-refractivity contribution in [2.24, 2.45) is 5.92 Å². The van der Waals surface area contributed by atoms with E-state index in [9.17, 15) is 14.4 Å².